The maximum Gasteiger partial charge on any atom is 0.340 e. The molecule has 0 unspecified atom stereocenters. The smallest absolute Gasteiger partial charge is 0.289 e. The van der Waals surface area contributed by atoms with E-state index >= 15 is 0 Å². The number of ketones is 4. The number of sulfone groups is 2. The predicted molar refractivity (Wildman–Crippen MR) is 454 cm³/mol. The maximum absolute atomic E-state index is 13.4. The van der Waals surface area contributed by atoms with Crippen molar-refractivity contribution >= 4 is 101 Å². The number of benzene rings is 15. The lowest BCUT2D eigenvalue weighted by atomic mass is 10.0. The van der Waals surface area contributed by atoms with Crippen molar-refractivity contribution in [3.63, 3.8) is 0 Å². The first kappa shape index (κ1) is 112. The number of carbonyl (C=O) groups excluding carboxylic acids is 4. The number of hydrogen-bond acceptors (Lipinski definition) is 12. The summed E-state index contributed by atoms with van der Waals surface area (Å²) in [6.45, 7) is 0. The Bertz CT molecular complexity index is 6580. The van der Waals surface area contributed by atoms with E-state index in [1.54, 1.807) is 72.8 Å². The molecule has 0 spiro atoms. The summed E-state index contributed by atoms with van der Waals surface area (Å²) in [5, 5.41) is 22.2. The average Bonchev–Trinajstić information content (AvgIpc) is 0.747. The van der Waals surface area contributed by atoms with Crippen LogP contribution in [-0.2, 0) is 19.7 Å². The van der Waals surface area contributed by atoms with Crippen molar-refractivity contribution in [2.45, 2.75) is 19.6 Å². The van der Waals surface area contributed by atoms with E-state index in [-0.39, 0.29) is 42.3 Å². The van der Waals surface area contributed by atoms with Gasteiger partial charge in [0.15, 0.2) is 58.1 Å². The molecule has 726 valence electrons. The first-order valence-electron chi connectivity index (χ1n) is 37.3. The van der Waals surface area contributed by atoms with Crippen molar-refractivity contribution in [1.82, 2.24) is 0 Å². The normalized spacial score (nSPS) is 10.6. The third kappa shape index (κ3) is 29.8. The molecule has 46 heteroatoms. The Labute approximate surface area is 790 Å². The number of nitro groups is 2. The van der Waals surface area contributed by atoms with Crippen LogP contribution in [0.2, 0.25) is 20.1 Å². The summed E-state index contributed by atoms with van der Waals surface area (Å²) in [5.41, 5.74) is -4.26. The van der Waals surface area contributed by atoms with Crippen LogP contribution in [-0.4, -0.2) is 49.8 Å². The third-order valence-corrected chi connectivity index (χ3v) is 22.0. The van der Waals surface area contributed by atoms with E-state index in [9.17, 15) is 170 Å². The number of Topliss-reactive ketones (excluding diaryl/α,β-unsaturated/α-hetero) is 2. The highest BCUT2D eigenvalue weighted by Gasteiger charge is 2.35. The Morgan fingerprint density at radius 3 is 0.614 bits per heavy atom. The van der Waals surface area contributed by atoms with Gasteiger partial charge in [0.05, 0.1) is 46.6 Å². The molecule has 0 aliphatic heterocycles. The highest BCUT2D eigenvalue weighted by atomic mass is 35.5. The maximum atomic E-state index is 13.4. The topological polar surface area (TPSA) is 223 Å². The highest BCUT2D eigenvalue weighted by Crippen LogP contribution is 2.38. The fourth-order valence-electron chi connectivity index (χ4n) is 10.4. The van der Waals surface area contributed by atoms with Crippen molar-refractivity contribution in [2.75, 3.05) is 0 Å². The molecule has 0 saturated heterocycles. The summed E-state index contributed by atoms with van der Waals surface area (Å²) in [5.74, 6) is -49.6. The average molecular weight is 2100 g/mol. The minimum Gasteiger partial charge on any atom is -0.289 e. The quantitative estimate of drug-likeness (QED) is 0.0145. The van der Waals surface area contributed by atoms with Crippen LogP contribution in [0, 0.1) is 171 Å². The lowest BCUT2D eigenvalue weighted by Gasteiger charge is -2.11. The van der Waals surface area contributed by atoms with Gasteiger partial charge in [0.25, 0.3) is 0 Å². The number of carbonyl (C=O) groups is 4. The van der Waals surface area contributed by atoms with Gasteiger partial charge in [-0.3, -0.25) is 39.4 Å². The Morgan fingerprint density at radius 1 is 0.221 bits per heavy atom. The lowest BCUT2D eigenvalue weighted by molar-refractivity contribution is -0.390. The van der Waals surface area contributed by atoms with Gasteiger partial charge in [-0.15, -0.1) is 0 Å². The number of hydrogen-bond donors (Lipinski definition) is 0. The second kappa shape index (κ2) is 50.4. The van der Waals surface area contributed by atoms with E-state index in [2.05, 4.69) is 0 Å². The number of para-hydroxylation sites is 1. The number of halogens is 30. The monoisotopic (exact) mass is 2090 g/mol. The predicted octanol–water partition coefficient (Wildman–Crippen LogP) is 28.1. The van der Waals surface area contributed by atoms with Crippen molar-refractivity contribution in [2.24, 2.45) is 0 Å². The molecule has 0 atom stereocenters. The van der Waals surface area contributed by atoms with Crippen molar-refractivity contribution in [1.29, 1.82) is 0 Å². The van der Waals surface area contributed by atoms with Gasteiger partial charge in [0, 0.05) is 53.5 Å². The number of nitrogens with zero attached hydrogens (tertiary/aromatic N) is 2. The molecular formula is C94H46Cl4F26N2O12S2. The molecular weight excluding hydrogens is 2050 g/mol. The zero-order chi connectivity index (χ0) is 104. The molecule has 14 nitrogen and oxygen atoms in total. The Balaban J connectivity index is 0.000000216. The molecule has 15 rings (SSSR count). The molecule has 0 aromatic heterocycles. The van der Waals surface area contributed by atoms with Crippen LogP contribution in [0.25, 0.3) is 11.1 Å². The zero-order valence-corrected chi connectivity index (χ0v) is 73.2. The summed E-state index contributed by atoms with van der Waals surface area (Å²) < 4.78 is 377. The van der Waals surface area contributed by atoms with Crippen LogP contribution in [0.1, 0.15) is 52.6 Å². The van der Waals surface area contributed by atoms with E-state index in [1.165, 1.54) is 121 Å². The molecule has 0 heterocycles. The Morgan fingerprint density at radius 2 is 0.407 bits per heavy atom. The van der Waals surface area contributed by atoms with E-state index in [0.717, 1.165) is 72.8 Å². The molecule has 0 radical (unpaired) electrons. The van der Waals surface area contributed by atoms with Gasteiger partial charge in [0.2, 0.25) is 95.2 Å². The van der Waals surface area contributed by atoms with Gasteiger partial charge >= 0.3 is 11.4 Å². The van der Waals surface area contributed by atoms with Crippen LogP contribution < -0.4 is 0 Å². The van der Waals surface area contributed by atoms with E-state index in [1.807, 2.05) is 0 Å². The van der Waals surface area contributed by atoms with Crippen LogP contribution in [0.4, 0.5) is 126 Å². The third-order valence-electron chi connectivity index (χ3n) is 17.4. The van der Waals surface area contributed by atoms with E-state index in [0.29, 0.717) is 54.5 Å². The van der Waals surface area contributed by atoms with Crippen LogP contribution >= 0.6 is 46.4 Å². The van der Waals surface area contributed by atoms with Gasteiger partial charge in [-0.2, -0.15) is 13.2 Å². The van der Waals surface area contributed by atoms with Crippen molar-refractivity contribution in [3.8, 4) is 11.1 Å². The zero-order valence-electron chi connectivity index (χ0n) is 68.5. The molecule has 0 N–H and O–H groups in total. The number of nitro benzene ring substituents is 2. The summed E-state index contributed by atoms with van der Waals surface area (Å²) in [4.78, 5) is 65.6. The lowest BCUT2D eigenvalue weighted by Crippen LogP contribution is -2.14. The van der Waals surface area contributed by atoms with Crippen molar-refractivity contribution < 1.29 is 160 Å². The first-order valence-corrected chi connectivity index (χ1v) is 41.8. The Kier molecular flexibility index (Phi) is 40.3. The number of rotatable bonds is 14. The summed E-state index contributed by atoms with van der Waals surface area (Å²) in [6, 6.07) is 59.3. The minimum atomic E-state index is -3.71. The molecule has 0 aliphatic rings. The molecule has 0 aliphatic carbocycles. The molecule has 15 aromatic rings. The summed E-state index contributed by atoms with van der Waals surface area (Å²) >= 11 is 22.9. The van der Waals surface area contributed by atoms with Gasteiger partial charge in [-0.25, -0.2) is 118 Å². The van der Waals surface area contributed by atoms with E-state index in [4.69, 9.17) is 46.4 Å². The van der Waals surface area contributed by atoms with Gasteiger partial charge < -0.3 is 0 Å². The SMILES string of the molecule is Fc1c(F)c(F)c(-c2c(F)c(F)c(F)c(F)c2F)c(F)c1F.Fc1c(F)c(F)c(F)c(F)c1F.O=C(C(=O)c1ccc(F)cc1)c1ccc(F)cc1.O=C(c1ccc(Cl)cc1)c1ccc(Cl)cc1.O=C(c1ccc(F)cc1)c1ccc(F)cc1.O=S(=O)(c1ccc(Cl)cc1)c1ccc(Cl)cc1.O=S(=O)(c1ccc(F)cc1)c1ccc(F)cc1.O=[N+]([O-])c1c(F)cccc1F.O=[N+]([O-])c1cc(F)ccc1F. The Hall–Kier alpha value is -15.0. The largest absolute Gasteiger partial charge is 0.340 e. The molecule has 0 saturated carbocycles. The molecule has 0 bridgehead atoms. The highest BCUT2D eigenvalue weighted by molar-refractivity contribution is 7.91. The fourth-order valence-corrected chi connectivity index (χ4v) is 13.5. The second-order valence-corrected chi connectivity index (χ2v) is 32.3. The second-order valence-electron chi connectivity index (χ2n) is 26.6. The van der Waals surface area contributed by atoms with E-state index < -0.39 is 215 Å². The van der Waals surface area contributed by atoms with Gasteiger partial charge in [-0.05, 0) is 267 Å². The molecule has 140 heavy (non-hydrogen) atoms. The summed E-state index contributed by atoms with van der Waals surface area (Å²) in [7, 11) is -7.20. The van der Waals surface area contributed by atoms with Crippen LogP contribution in [0.15, 0.2) is 299 Å². The fraction of sp³-hybridized carbons (Fsp3) is 0. The van der Waals surface area contributed by atoms with Gasteiger partial charge in [0.1, 0.15) is 40.7 Å². The summed E-state index contributed by atoms with van der Waals surface area (Å²) in [6.07, 6.45) is 0. The standard InChI is InChI=1S/C14H8F2O2.C13H8Cl2O.C13H8F2O.C12H8Cl2O2S.C12F10.C12H8F2O2S.C6F6.2C6H3F2NO2/c15-11-5-1-9(2-6-11)13(17)14(18)10-3-7-12(16)8-4-10;2*14-11-5-1-9(2-6-11)13(16)10-3-7-12(15)8-4-10;13-9-1-5-11(6-2-9)17(15,16)12-7-3-10(14)4-8-12;13-3-1(4(14)8(18)11(21)7(3)17)2-5(15)9(19)12(22)10(20)6(2)16;13-9-1-5-11(6-2-9)17(15,16)12-7-3-10(14)4-8-12;7-1-2(8)4(10)6(12)5(11)3(1)9;7-4-1-2-5(8)6(3-4)9(10)11;7-4-2-1-3-5(8)6(4)9(10)11/h1-8H;2*1-8H;1-8H;;1-8H;;2*1-3H. The van der Waals surface area contributed by atoms with Crippen molar-refractivity contribution in [3.05, 3.63) is 504 Å². The van der Waals surface area contributed by atoms with Gasteiger partial charge in [-0.1, -0.05) is 52.5 Å². The molecule has 0 fully saturated rings. The molecule has 15 aromatic carbocycles. The first-order chi connectivity index (χ1) is 65.7. The molecule has 0 amide bonds. The van der Waals surface area contributed by atoms with Crippen LogP contribution in [0.3, 0.4) is 0 Å². The minimum absolute atomic E-state index is 0.0227. The van der Waals surface area contributed by atoms with Crippen LogP contribution in [0.5, 0.6) is 0 Å².